The molecule has 2 N–H and O–H groups in total. The first-order valence-corrected chi connectivity index (χ1v) is 9.96. The van der Waals surface area contributed by atoms with Crippen molar-refractivity contribution in [2.24, 2.45) is 0 Å². The van der Waals surface area contributed by atoms with Crippen LogP contribution in [0, 0.1) is 0 Å². The first-order valence-electron chi connectivity index (χ1n) is 9.96. The largest absolute Gasteiger partial charge is 0.480 e. The number of hydrogen-bond donors (Lipinski definition) is 2. The van der Waals surface area contributed by atoms with Crippen molar-refractivity contribution in [3.8, 4) is 11.1 Å². The fourth-order valence-corrected chi connectivity index (χ4v) is 3.17. The Morgan fingerprint density at radius 1 is 0.800 bits per heavy atom. The SMILES string of the molecule is O=C(NC(Cc1ccccc1)C(=O)O)OCCCc1ccc(-c2ccccc2)cc1. The number of hydrogen-bond acceptors (Lipinski definition) is 3. The van der Waals surface area contributed by atoms with Gasteiger partial charge in [-0.05, 0) is 35.1 Å². The molecular weight excluding hydrogens is 378 g/mol. The van der Waals surface area contributed by atoms with E-state index in [1.165, 1.54) is 5.56 Å². The number of amides is 1. The van der Waals surface area contributed by atoms with Crippen LogP contribution in [0.4, 0.5) is 4.79 Å². The van der Waals surface area contributed by atoms with Crippen LogP contribution >= 0.6 is 0 Å². The maximum absolute atomic E-state index is 12.0. The molecule has 0 radical (unpaired) electrons. The molecule has 5 nitrogen and oxygen atoms in total. The number of alkyl carbamates (subject to hydrolysis) is 1. The van der Waals surface area contributed by atoms with E-state index in [0.717, 1.165) is 23.1 Å². The van der Waals surface area contributed by atoms with Crippen molar-refractivity contribution in [3.63, 3.8) is 0 Å². The summed E-state index contributed by atoms with van der Waals surface area (Å²) in [5, 5.41) is 11.8. The van der Waals surface area contributed by atoms with Crippen LogP contribution in [0.5, 0.6) is 0 Å². The molecule has 1 amide bonds. The van der Waals surface area contributed by atoms with Crippen LogP contribution < -0.4 is 5.32 Å². The predicted molar refractivity (Wildman–Crippen MR) is 116 cm³/mol. The number of carboxylic acids is 1. The van der Waals surface area contributed by atoms with E-state index in [4.69, 9.17) is 4.74 Å². The Morgan fingerprint density at radius 3 is 2.03 bits per heavy atom. The zero-order chi connectivity index (χ0) is 21.2. The molecule has 1 unspecified atom stereocenters. The maximum atomic E-state index is 12.0. The summed E-state index contributed by atoms with van der Waals surface area (Å²) >= 11 is 0. The standard InChI is InChI=1S/C25H25NO4/c27-24(28)23(18-20-8-3-1-4-9-20)26-25(29)30-17-7-10-19-13-15-22(16-14-19)21-11-5-2-6-12-21/h1-6,8-9,11-16,23H,7,10,17-18H2,(H,26,29)(H,27,28). The molecule has 0 aliphatic rings. The van der Waals surface area contributed by atoms with Crippen molar-refractivity contribution in [3.05, 3.63) is 96.1 Å². The lowest BCUT2D eigenvalue weighted by Gasteiger charge is -2.14. The molecule has 5 heteroatoms. The number of aryl methyl sites for hydroxylation is 1. The molecule has 3 aromatic rings. The summed E-state index contributed by atoms with van der Waals surface area (Å²) in [5.41, 5.74) is 4.33. The van der Waals surface area contributed by atoms with E-state index in [0.29, 0.717) is 6.42 Å². The van der Waals surface area contributed by atoms with Gasteiger partial charge in [0.05, 0.1) is 6.61 Å². The van der Waals surface area contributed by atoms with E-state index in [2.05, 4.69) is 41.7 Å². The first kappa shape index (κ1) is 21.1. The Bertz CT molecular complexity index is 940. The Hall–Kier alpha value is -3.60. The van der Waals surface area contributed by atoms with E-state index >= 15 is 0 Å². The molecule has 154 valence electrons. The molecule has 0 saturated carbocycles. The summed E-state index contributed by atoms with van der Waals surface area (Å²) in [6.45, 7) is 0.226. The molecule has 0 saturated heterocycles. The minimum atomic E-state index is -1.09. The van der Waals surface area contributed by atoms with Gasteiger partial charge in [0.25, 0.3) is 0 Å². The van der Waals surface area contributed by atoms with Crippen molar-refractivity contribution < 1.29 is 19.4 Å². The number of aliphatic carboxylic acids is 1. The van der Waals surface area contributed by atoms with Crippen molar-refractivity contribution in [2.45, 2.75) is 25.3 Å². The van der Waals surface area contributed by atoms with Crippen LogP contribution in [0.1, 0.15) is 17.5 Å². The molecule has 0 spiro atoms. The molecule has 1 atom stereocenters. The Morgan fingerprint density at radius 2 is 1.40 bits per heavy atom. The van der Waals surface area contributed by atoms with Gasteiger partial charge in [-0.15, -0.1) is 0 Å². The smallest absolute Gasteiger partial charge is 0.407 e. The minimum absolute atomic E-state index is 0.207. The second kappa shape index (κ2) is 10.8. The molecular formula is C25H25NO4. The summed E-state index contributed by atoms with van der Waals surface area (Å²) in [6, 6.07) is 26.6. The molecule has 0 fully saturated rings. The van der Waals surface area contributed by atoms with Crippen LogP contribution in [-0.4, -0.2) is 29.8 Å². The number of benzene rings is 3. The zero-order valence-corrected chi connectivity index (χ0v) is 16.7. The predicted octanol–water partition coefficient (Wildman–Crippen LogP) is 4.71. The lowest BCUT2D eigenvalue weighted by molar-refractivity contribution is -0.139. The summed E-state index contributed by atoms with van der Waals surface area (Å²) in [5.74, 6) is -1.09. The van der Waals surface area contributed by atoms with Gasteiger partial charge in [0, 0.05) is 6.42 Å². The molecule has 3 rings (SSSR count). The first-order chi connectivity index (χ1) is 14.6. The van der Waals surface area contributed by atoms with Gasteiger partial charge in [0.1, 0.15) is 6.04 Å². The number of rotatable bonds is 9. The summed E-state index contributed by atoms with van der Waals surface area (Å²) < 4.78 is 5.16. The Balaban J connectivity index is 1.41. The molecule has 0 aromatic heterocycles. The van der Waals surface area contributed by atoms with Gasteiger partial charge in [-0.25, -0.2) is 9.59 Å². The summed E-state index contributed by atoms with van der Waals surface area (Å²) in [7, 11) is 0. The highest BCUT2D eigenvalue weighted by molar-refractivity contribution is 5.80. The molecule has 0 bridgehead atoms. The van der Waals surface area contributed by atoms with E-state index in [1.807, 2.05) is 48.5 Å². The van der Waals surface area contributed by atoms with E-state index in [9.17, 15) is 14.7 Å². The van der Waals surface area contributed by atoms with Crippen LogP contribution in [0.15, 0.2) is 84.9 Å². The van der Waals surface area contributed by atoms with Crippen molar-refractivity contribution in [1.29, 1.82) is 0 Å². The third-order valence-corrected chi connectivity index (χ3v) is 4.78. The topological polar surface area (TPSA) is 75.6 Å². The van der Waals surface area contributed by atoms with Crippen LogP contribution in [-0.2, 0) is 22.4 Å². The van der Waals surface area contributed by atoms with E-state index in [1.54, 1.807) is 0 Å². The lowest BCUT2D eigenvalue weighted by atomic mass is 10.0. The highest BCUT2D eigenvalue weighted by atomic mass is 16.5. The highest BCUT2D eigenvalue weighted by Gasteiger charge is 2.21. The lowest BCUT2D eigenvalue weighted by Crippen LogP contribution is -2.42. The quantitative estimate of drug-likeness (QED) is 0.508. The fourth-order valence-electron chi connectivity index (χ4n) is 3.17. The number of ether oxygens (including phenoxy) is 1. The van der Waals surface area contributed by atoms with Gasteiger partial charge in [-0.2, -0.15) is 0 Å². The minimum Gasteiger partial charge on any atom is -0.480 e. The van der Waals surface area contributed by atoms with Crippen molar-refractivity contribution >= 4 is 12.1 Å². The molecule has 30 heavy (non-hydrogen) atoms. The molecule has 0 aliphatic heterocycles. The highest BCUT2D eigenvalue weighted by Crippen LogP contribution is 2.19. The van der Waals surface area contributed by atoms with Crippen molar-refractivity contribution in [1.82, 2.24) is 5.32 Å². The second-order valence-corrected chi connectivity index (χ2v) is 7.03. The van der Waals surface area contributed by atoms with Gasteiger partial charge in [-0.3, -0.25) is 0 Å². The third kappa shape index (κ3) is 6.48. The van der Waals surface area contributed by atoms with Crippen molar-refractivity contribution in [2.75, 3.05) is 6.61 Å². The Kier molecular flexibility index (Phi) is 7.61. The number of nitrogens with one attached hydrogen (secondary N) is 1. The third-order valence-electron chi connectivity index (χ3n) is 4.78. The Labute approximate surface area is 176 Å². The normalized spacial score (nSPS) is 11.5. The zero-order valence-electron chi connectivity index (χ0n) is 16.7. The van der Waals surface area contributed by atoms with Gasteiger partial charge in [0.2, 0.25) is 0 Å². The summed E-state index contributed by atoms with van der Waals surface area (Å²) in [4.78, 5) is 23.4. The van der Waals surface area contributed by atoms with Gasteiger partial charge < -0.3 is 15.2 Å². The van der Waals surface area contributed by atoms with E-state index < -0.39 is 18.1 Å². The number of carbonyl (C=O) groups is 2. The van der Waals surface area contributed by atoms with Crippen LogP contribution in [0.2, 0.25) is 0 Å². The molecule has 0 heterocycles. The average Bonchev–Trinajstić information content (AvgIpc) is 2.78. The van der Waals surface area contributed by atoms with Crippen LogP contribution in [0.3, 0.4) is 0 Å². The second-order valence-electron chi connectivity index (χ2n) is 7.03. The number of carbonyl (C=O) groups excluding carboxylic acids is 1. The van der Waals surface area contributed by atoms with Crippen LogP contribution in [0.25, 0.3) is 11.1 Å². The van der Waals surface area contributed by atoms with Gasteiger partial charge in [0.15, 0.2) is 0 Å². The fraction of sp³-hybridized carbons (Fsp3) is 0.200. The molecule has 0 aliphatic carbocycles. The molecule has 3 aromatic carbocycles. The maximum Gasteiger partial charge on any atom is 0.407 e. The number of carboxylic acid groups (broad SMARTS) is 1. The average molecular weight is 403 g/mol. The van der Waals surface area contributed by atoms with Gasteiger partial charge in [-0.1, -0.05) is 84.9 Å². The monoisotopic (exact) mass is 403 g/mol. The van der Waals surface area contributed by atoms with E-state index in [-0.39, 0.29) is 13.0 Å². The van der Waals surface area contributed by atoms with Gasteiger partial charge >= 0.3 is 12.1 Å². The summed E-state index contributed by atoms with van der Waals surface area (Å²) in [6.07, 6.45) is 0.931.